The predicted octanol–water partition coefficient (Wildman–Crippen LogP) is 0.291. The van der Waals surface area contributed by atoms with Gasteiger partial charge in [0.05, 0.1) is 11.9 Å². The van der Waals surface area contributed by atoms with Gasteiger partial charge in [-0.2, -0.15) is 0 Å². The summed E-state index contributed by atoms with van der Waals surface area (Å²) in [5.41, 5.74) is 7.05. The number of rotatable bonds is 2. The van der Waals surface area contributed by atoms with Gasteiger partial charge < -0.3 is 10.7 Å². The fourth-order valence-electron chi connectivity index (χ4n) is 1.25. The number of aromatic nitrogens is 3. The van der Waals surface area contributed by atoms with Gasteiger partial charge in [-0.15, -0.1) is 0 Å². The Morgan fingerprint density at radius 2 is 2.20 bits per heavy atom. The van der Waals surface area contributed by atoms with E-state index in [2.05, 4.69) is 15.0 Å². The van der Waals surface area contributed by atoms with Gasteiger partial charge in [-0.3, -0.25) is 14.8 Å². The minimum atomic E-state index is -0.180. The van der Waals surface area contributed by atoms with Gasteiger partial charge in [0, 0.05) is 24.5 Å². The number of nitrogens with two attached hydrogens (primary N) is 1. The van der Waals surface area contributed by atoms with E-state index < -0.39 is 0 Å². The lowest BCUT2D eigenvalue weighted by atomic mass is 10.2. The van der Waals surface area contributed by atoms with E-state index in [1.165, 1.54) is 0 Å². The maximum absolute atomic E-state index is 11.5. The first-order valence-electron chi connectivity index (χ1n) is 4.50. The molecule has 2 aromatic rings. The SMILES string of the molecule is NCc1ccc(-c2cnccn2)[nH]c1=O. The van der Waals surface area contributed by atoms with Crippen molar-refractivity contribution in [3.8, 4) is 11.4 Å². The van der Waals surface area contributed by atoms with Crippen LogP contribution in [0.2, 0.25) is 0 Å². The molecule has 0 unspecified atom stereocenters. The minimum Gasteiger partial charge on any atom is -0.326 e. The highest BCUT2D eigenvalue weighted by atomic mass is 16.1. The standard InChI is InChI=1S/C10H10N4O/c11-5-7-1-2-8(14-10(7)15)9-6-12-3-4-13-9/h1-4,6H,5,11H2,(H,14,15). The average molecular weight is 202 g/mol. The zero-order valence-electron chi connectivity index (χ0n) is 7.97. The van der Waals surface area contributed by atoms with Crippen molar-refractivity contribution in [2.24, 2.45) is 5.73 Å². The molecular formula is C10H10N4O. The van der Waals surface area contributed by atoms with Gasteiger partial charge in [0.15, 0.2) is 0 Å². The fourth-order valence-corrected chi connectivity index (χ4v) is 1.25. The summed E-state index contributed by atoms with van der Waals surface area (Å²) >= 11 is 0. The third-order valence-electron chi connectivity index (χ3n) is 2.05. The van der Waals surface area contributed by atoms with E-state index in [-0.39, 0.29) is 12.1 Å². The molecule has 76 valence electrons. The summed E-state index contributed by atoms with van der Waals surface area (Å²) in [4.78, 5) is 22.2. The minimum absolute atomic E-state index is 0.180. The molecule has 15 heavy (non-hydrogen) atoms. The van der Waals surface area contributed by atoms with Crippen LogP contribution >= 0.6 is 0 Å². The van der Waals surface area contributed by atoms with Crippen LogP contribution in [0.5, 0.6) is 0 Å². The molecule has 0 fully saturated rings. The summed E-state index contributed by atoms with van der Waals surface area (Å²) in [7, 11) is 0. The molecule has 3 N–H and O–H groups in total. The Balaban J connectivity index is 2.48. The second kappa shape index (κ2) is 4.02. The highest BCUT2D eigenvalue weighted by Crippen LogP contribution is 2.09. The molecule has 2 heterocycles. The molecule has 0 saturated heterocycles. The molecule has 0 aliphatic carbocycles. The van der Waals surface area contributed by atoms with E-state index in [9.17, 15) is 4.79 Å². The lowest BCUT2D eigenvalue weighted by Crippen LogP contribution is -2.16. The first-order valence-corrected chi connectivity index (χ1v) is 4.50. The lowest BCUT2D eigenvalue weighted by Gasteiger charge is -2.00. The van der Waals surface area contributed by atoms with Crippen LogP contribution in [-0.2, 0) is 6.54 Å². The van der Waals surface area contributed by atoms with Crippen LogP contribution in [-0.4, -0.2) is 15.0 Å². The highest BCUT2D eigenvalue weighted by Gasteiger charge is 2.02. The van der Waals surface area contributed by atoms with Crippen molar-refractivity contribution in [2.45, 2.75) is 6.54 Å². The third-order valence-corrected chi connectivity index (χ3v) is 2.05. The van der Waals surface area contributed by atoms with Crippen LogP contribution in [0.25, 0.3) is 11.4 Å². The number of nitrogens with zero attached hydrogens (tertiary/aromatic N) is 2. The van der Waals surface area contributed by atoms with Crippen molar-refractivity contribution in [1.82, 2.24) is 15.0 Å². The van der Waals surface area contributed by atoms with E-state index in [1.54, 1.807) is 30.7 Å². The third kappa shape index (κ3) is 1.92. The molecule has 2 aromatic heterocycles. The second-order valence-corrected chi connectivity index (χ2v) is 3.02. The highest BCUT2D eigenvalue weighted by molar-refractivity contribution is 5.52. The van der Waals surface area contributed by atoms with Crippen molar-refractivity contribution in [3.05, 3.63) is 46.6 Å². The Hall–Kier alpha value is -2.01. The topological polar surface area (TPSA) is 84.7 Å². The van der Waals surface area contributed by atoms with Crippen LogP contribution < -0.4 is 11.3 Å². The van der Waals surface area contributed by atoms with E-state index in [4.69, 9.17) is 5.73 Å². The lowest BCUT2D eigenvalue weighted by molar-refractivity contribution is 1.01. The van der Waals surface area contributed by atoms with E-state index in [1.807, 2.05) is 0 Å². The normalized spacial score (nSPS) is 10.2. The second-order valence-electron chi connectivity index (χ2n) is 3.02. The quantitative estimate of drug-likeness (QED) is 0.733. The predicted molar refractivity (Wildman–Crippen MR) is 56.0 cm³/mol. The smallest absolute Gasteiger partial charge is 0.252 e. The van der Waals surface area contributed by atoms with Gasteiger partial charge >= 0.3 is 0 Å². The first-order chi connectivity index (χ1) is 7.31. The van der Waals surface area contributed by atoms with Gasteiger partial charge in [0.2, 0.25) is 0 Å². The summed E-state index contributed by atoms with van der Waals surface area (Å²) < 4.78 is 0. The molecule has 0 saturated carbocycles. The molecular weight excluding hydrogens is 192 g/mol. The van der Waals surface area contributed by atoms with Crippen LogP contribution in [0.4, 0.5) is 0 Å². The summed E-state index contributed by atoms with van der Waals surface area (Å²) in [6.07, 6.45) is 4.74. The number of hydrogen-bond acceptors (Lipinski definition) is 4. The number of aromatic amines is 1. The molecule has 5 nitrogen and oxygen atoms in total. The van der Waals surface area contributed by atoms with Crippen molar-refractivity contribution in [1.29, 1.82) is 0 Å². The zero-order chi connectivity index (χ0) is 10.7. The van der Waals surface area contributed by atoms with E-state index >= 15 is 0 Å². The van der Waals surface area contributed by atoms with Crippen molar-refractivity contribution in [2.75, 3.05) is 0 Å². The Morgan fingerprint density at radius 3 is 2.80 bits per heavy atom. The number of H-pyrrole nitrogens is 1. The Morgan fingerprint density at radius 1 is 1.33 bits per heavy atom. The number of pyridine rings is 1. The Bertz CT molecular complexity index is 506. The Kier molecular flexibility index (Phi) is 2.55. The molecule has 0 spiro atoms. The van der Waals surface area contributed by atoms with Gasteiger partial charge in [-0.25, -0.2) is 0 Å². The van der Waals surface area contributed by atoms with Crippen molar-refractivity contribution < 1.29 is 0 Å². The van der Waals surface area contributed by atoms with Crippen LogP contribution in [0, 0.1) is 0 Å². The van der Waals surface area contributed by atoms with Gasteiger partial charge in [-0.1, -0.05) is 6.07 Å². The van der Waals surface area contributed by atoms with Crippen LogP contribution in [0.1, 0.15) is 5.56 Å². The van der Waals surface area contributed by atoms with E-state index in [0.717, 1.165) is 0 Å². The van der Waals surface area contributed by atoms with Crippen molar-refractivity contribution in [3.63, 3.8) is 0 Å². The van der Waals surface area contributed by atoms with Crippen molar-refractivity contribution >= 4 is 0 Å². The maximum Gasteiger partial charge on any atom is 0.252 e. The molecule has 0 aromatic carbocycles. The number of hydrogen-bond donors (Lipinski definition) is 2. The first kappa shape index (κ1) is 9.54. The molecule has 0 aliphatic heterocycles. The summed E-state index contributed by atoms with van der Waals surface area (Å²) in [6.45, 7) is 0.232. The molecule has 0 atom stereocenters. The van der Waals surface area contributed by atoms with Gasteiger partial charge in [0.1, 0.15) is 5.69 Å². The average Bonchev–Trinajstić information content (AvgIpc) is 2.30. The maximum atomic E-state index is 11.5. The molecule has 0 aliphatic rings. The van der Waals surface area contributed by atoms with Crippen LogP contribution in [0.15, 0.2) is 35.5 Å². The summed E-state index contributed by atoms with van der Waals surface area (Å²) in [6, 6.07) is 3.47. The fraction of sp³-hybridized carbons (Fsp3) is 0.100. The summed E-state index contributed by atoms with van der Waals surface area (Å²) in [5, 5.41) is 0. The van der Waals surface area contributed by atoms with Gasteiger partial charge in [0.25, 0.3) is 5.56 Å². The summed E-state index contributed by atoms with van der Waals surface area (Å²) in [5.74, 6) is 0. The zero-order valence-corrected chi connectivity index (χ0v) is 7.97. The molecule has 2 rings (SSSR count). The molecule has 0 bridgehead atoms. The Labute approximate surface area is 86.0 Å². The van der Waals surface area contributed by atoms with E-state index in [0.29, 0.717) is 17.0 Å². The van der Waals surface area contributed by atoms with Gasteiger partial charge in [-0.05, 0) is 6.07 Å². The molecule has 0 radical (unpaired) electrons. The molecule has 0 amide bonds. The number of nitrogens with one attached hydrogen (secondary N) is 1. The molecule has 5 heteroatoms. The largest absolute Gasteiger partial charge is 0.326 e. The monoisotopic (exact) mass is 202 g/mol. The van der Waals surface area contributed by atoms with Crippen LogP contribution in [0.3, 0.4) is 0 Å².